The fourth-order valence-electron chi connectivity index (χ4n) is 3.73. The van der Waals surface area contributed by atoms with Crippen LogP contribution in [0, 0.1) is 11.6 Å². The van der Waals surface area contributed by atoms with Crippen LogP contribution < -0.4 is 14.5 Å². The van der Waals surface area contributed by atoms with E-state index >= 15 is 0 Å². The van der Waals surface area contributed by atoms with E-state index in [1.807, 2.05) is 9.80 Å². The highest BCUT2D eigenvalue weighted by atomic mass is 32.2. The van der Waals surface area contributed by atoms with E-state index in [-0.39, 0.29) is 22.0 Å². The molecule has 0 spiro atoms. The number of hydrogen-bond acceptors (Lipinski definition) is 5. The maximum absolute atomic E-state index is 14.1. The molecule has 0 saturated carbocycles. The number of carboxylic acids is 1. The molecule has 1 fully saturated rings. The average Bonchev–Trinajstić information content (AvgIpc) is 2.80. The Morgan fingerprint density at radius 3 is 2.15 bits per heavy atom. The molecule has 1 aliphatic heterocycles. The third kappa shape index (κ3) is 4.90. The van der Waals surface area contributed by atoms with Gasteiger partial charge in [0.15, 0.2) is 0 Å². The number of hydrogen-bond donors (Lipinski definition) is 2. The van der Waals surface area contributed by atoms with Gasteiger partial charge in [0, 0.05) is 31.9 Å². The molecule has 0 atom stereocenters. The third-order valence-corrected chi connectivity index (χ3v) is 6.82. The summed E-state index contributed by atoms with van der Waals surface area (Å²) in [6.07, 6.45) is 0. The molecule has 172 valence electrons. The monoisotopic (exact) mass is 473 g/mol. The van der Waals surface area contributed by atoms with Crippen molar-refractivity contribution in [2.75, 3.05) is 40.7 Å². The lowest BCUT2D eigenvalue weighted by Crippen LogP contribution is -2.46. The summed E-state index contributed by atoms with van der Waals surface area (Å²) in [7, 11) is -4.10. The molecular weight excluding hydrogens is 452 g/mol. The van der Waals surface area contributed by atoms with Crippen LogP contribution in [0.2, 0.25) is 0 Å². The van der Waals surface area contributed by atoms with Crippen LogP contribution in [0.3, 0.4) is 0 Å². The highest BCUT2D eigenvalue weighted by molar-refractivity contribution is 7.92. The van der Waals surface area contributed by atoms with Crippen molar-refractivity contribution in [2.24, 2.45) is 0 Å². The van der Waals surface area contributed by atoms with Gasteiger partial charge in [0.1, 0.15) is 11.6 Å². The summed E-state index contributed by atoms with van der Waals surface area (Å²) in [4.78, 5) is 15.5. The molecule has 33 heavy (non-hydrogen) atoms. The topological polar surface area (TPSA) is 89.9 Å². The molecule has 10 heteroatoms. The summed E-state index contributed by atoms with van der Waals surface area (Å²) in [5.41, 5.74) is 0.828. The van der Waals surface area contributed by atoms with E-state index in [1.54, 1.807) is 24.3 Å². The zero-order valence-corrected chi connectivity index (χ0v) is 18.2. The molecule has 0 radical (unpaired) electrons. The van der Waals surface area contributed by atoms with Crippen LogP contribution in [-0.2, 0) is 10.0 Å². The summed E-state index contributed by atoms with van der Waals surface area (Å²) >= 11 is 0. The van der Waals surface area contributed by atoms with Gasteiger partial charge in [-0.1, -0.05) is 12.1 Å². The van der Waals surface area contributed by atoms with Crippen LogP contribution in [0.15, 0.2) is 71.6 Å². The lowest BCUT2D eigenvalue weighted by molar-refractivity contribution is 0.0698. The molecule has 2 N–H and O–H groups in total. The van der Waals surface area contributed by atoms with E-state index in [9.17, 15) is 27.1 Å². The first-order chi connectivity index (χ1) is 15.7. The molecule has 0 amide bonds. The molecule has 0 aromatic heterocycles. The third-order valence-electron chi connectivity index (χ3n) is 5.44. The fourth-order valence-corrected chi connectivity index (χ4v) is 4.81. The lowest BCUT2D eigenvalue weighted by Gasteiger charge is -2.37. The second kappa shape index (κ2) is 9.07. The van der Waals surface area contributed by atoms with Crippen molar-refractivity contribution in [3.63, 3.8) is 0 Å². The number of halogens is 2. The van der Waals surface area contributed by atoms with E-state index < -0.39 is 21.8 Å². The smallest absolute Gasteiger partial charge is 0.337 e. The number of carboxylic acid groups (broad SMARTS) is 1. The van der Waals surface area contributed by atoms with Gasteiger partial charge in [-0.25, -0.2) is 22.0 Å². The minimum absolute atomic E-state index is 0.0967. The number of sulfonamides is 1. The largest absolute Gasteiger partial charge is 0.478 e. The number of aromatic carboxylic acids is 1. The minimum atomic E-state index is -4.10. The second-order valence-corrected chi connectivity index (χ2v) is 9.20. The van der Waals surface area contributed by atoms with Crippen molar-refractivity contribution in [3.05, 3.63) is 83.9 Å². The number of para-hydroxylation sites is 1. The Hall–Kier alpha value is -3.66. The lowest BCUT2D eigenvalue weighted by atomic mass is 10.1. The van der Waals surface area contributed by atoms with Crippen LogP contribution >= 0.6 is 0 Å². The normalized spacial score (nSPS) is 14.2. The van der Waals surface area contributed by atoms with Crippen LogP contribution in [-0.4, -0.2) is 45.7 Å². The second-order valence-electron chi connectivity index (χ2n) is 7.52. The van der Waals surface area contributed by atoms with Crippen molar-refractivity contribution < 1.29 is 27.1 Å². The van der Waals surface area contributed by atoms with Crippen molar-refractivity contribution in [1.29, 1.82) is 0 Å². The molecule has 1 saturated heterocycles. The Bertz CT molecular complexity index is 1280. The quantitative estimate of drug-likeness (QED) is 0.566. The predicted molar refractivity (Wildman–Crippen MR) is 121 cm³/mol. The Labute approximate surface area is 189 Å². The molecule has 3 aromatic rings. The first-order valence-electron chi connectivity index (χ1n) is 10.1. The molecule has 7 nitrogen and oxygen atoms in total. The average molecular weight is 474 g/mol. The van der Waals surface area contributed by atoms with E-state index in [4.69, 9.17) is 0 Å². The number of anilines is 3. The number of benzene rings is 3. The van der Waals surface area contributed by atoms with Gasteiger partial charge in [0.25, 0.3) is 10.0 Å². The first-order valence-corrected chi connectivity index (χ1v) is 11.6. The Morgan fingerprint density at radius 2 is 1.52 bits per heavy atom. The summed E-state index contributed by atoms with van der Waals surface area (Å²) in [6.45, 7) is 2.16. The SMILES string of the molecule is O=C(O)c1cc(N2CCN(c3ccccc3F)CC2)ccc1NS(=O)(=O)c1ccc(F)cc1. The highest BCUT2D eigenvalue weighted by Crippen LogP contribution is 2.28. The van der Waals surface area contributed by atoms with Gasteiger partial charge in [-0.05, 0) is 54.6 Å². The van der Waals surface area contributed by atoms with Gasteiger partial charge in [0.05, 0.1) is 21.8 Å². The zero-order chi connectivity index (χ0) is 23.6. The van der Waals surface area contributed by atoms with Crippen molar-refractivity contribution in [2.45, 2.75) is 4.90 Å². The zero-order valence-electron chi connectivity index (χ0n) is 17.4. The van der Waals surface area contributed by atoms with Crippen molar-refractivity contribution >= 4 is 33.1 Å². The van der Waals surface area contributed by atoms with E-state index in [1.165, 1.54) is 18.2 Å². The number of nitrogens with one attached hydrogen (secondary N) is 1. The van der Waals surface area contributed by atoms with Gasteiger partial charge >= 0.3 is 5.97 Å². The van der Waals surface area contributed by atoms with Crippen LogP contribution in [0.5, 0.6) is 0 Å². The number of nitrogens with zero attached hydrogens (tertiary/aromatic N) is 2. The first kappa shape index (κ1) is 22.5. The van der Waals surface area contributed by atoms with E-state index in [0.29, 0.717) is 37.6 Å². The molecule has 1 heterocycles. The molecule has 0 bridgehead atoms. The van der Waals surface area contributed by atoms with Gasteiger partial charge in [-0.3, -0.25) is 4.72 Å². The predicted octanol–water partition coefficient (Wildman–Crippen LogP) is 3.79. The van der Waals surface area contributed by atoms with Crippen LogP contribution in [0.4, 0.5) is 25.8 Å². The van der Waals surface area contributed by atoms with Gasteiger partial charge in [-0.15, -0.1) is 0 Å². The highest BCUT2D eigenvalue weighted by Gasteiger charge is 2.23. The molecule has 0 aliphatic carbocycles. The molecule has 3 aromatic carbocycles. The van der Waals surface area contributed by atoms with Gasteiger partial charge in [0.2, 0.25) is 0 Å². The fraction of sp³-hybridized carbons (Fsp3) is 0.174. The standard InChI is InChI=1S/C23H21F2N3O4S/c24-16-5-8-18(9-6-16)33(31,32)26-21-10-7-17(15-19(21)23(29)30)27-11-13-28(14-12-27)22-4-2-1-3-20(22)25/h1-10,15,26H,11-14H2,(H,29,30). The molecular formula is C23H21F2N3O4S. The van der Waals surface area contributed by atoms with Crippen molar-refractivity contribution in [3.8, 4) is 0 Å². The Balaban J connectivity index is 1.52. The van der Waals surface area contributed by atoms with E-state index in [2.05, 4.69) is 4.72 Å². The maximum Gasteiger partial charge on any atom is 0.337 e. The summed E-state index contributed by atoms with van der Waals surface area (Å²) in [5.74, 6) is -2.17. The number of piperazine rings is 1. The summed E-state index contributed by atoms with van der Waals surface area (Å²) in [5, 5.41) is 9.66. The Morgan fingerprint density at radius 1 is 0.879 bits per heavy atom. The van der Waals surface area contributed by atoms with Crippen LogP contribution in [0.25, 0.3) is 0 Å². The maximum atomic E-state index is 14.1. The summed E-state index contributed by atoms with van der Waals surface area (Å²) in [6, 6.07) is 15.2. The molecule has 4 rings (SSSR count). The number of rotatable bonds is 6. The van der Waals surface area contributed by atoms with Gasteiger partial charge in [-0.2, -0.15) is 0 Å². The molecule has 1 aliphatic rings. The minimum Gasteiger partial charge on any atom is -0.478 e. The van der Waals surface area contributed by atoms with Gasteiger partial charge < -0.3 is 14.9 Å². The Kier molecular flexibility index (Phi) is 6.19. The molecule has 0 unspecified atom stereocenters. The van der Waals surface area contributed by atoms with Crippen LogP contribution in [0.1, 0.15) is 10.4 Å². The van der Waals surface area contributed by atoms with Crippen molar-refractivity contribution in [1.82, 2.24) is 0 Å². The van der Waals surface area contributed by atoms with E-state index in [0.717, 1.165) is 24.3 Å². The summed E-state index contributed by atoms with van der Waals surface area (Å²) < 4.78 is 54.6. The number of carbonyl (C=O) groups is 1.